The summed E-state index contributed by atoms with van der Waals surface area (Å²) in [5, 5.41) is 13.4. The smallest absolute Gasteiger partial charge is 0.103 e. The average molecular weight is 356 g/mol. The molecule has 0 fully saturated rings. The van der Waals surface area contributed by atoms with Gasteiger partial charge in [0.15, 0.2) is 0 Å². The van der Waals surface area contributed by atoms with E-state index in [-0.39, 0.29) is 0 Å². The zero-order valence-electron chi connectivity index (χ0n) is 9.97. The van der Waals surface area contributed by atoms with Crippen LogP contribution < -0.4 is 5.32 Å². The van der Waals surface area contributed by atoms with E-state index in [0.717, 1.165) is 15.7 Å². The van der Waals surface area contributed by atoms with Gasteiger partial charge in [-0.2, -0.15) is 5.26 Å². The van der Waals surface area contributed by atoms with Gasteiger partial charge in [0.1, 0.15) is 6.07 Å². The van der Waals surface area contributed by atoms with E-state index < -0.39 is 0 Å². The second kappa shape index (κ2) is 5.83. The first-order valence-corrected chi connectivity index (χ1v) is 6.99. The summed E-state index contributed by atoms with van der Waals surface area (Å²) < 4.78 is 0.873. The van der Waals surface area contributed by atoms with Crippen LogP contribution in [0.4, 0.5) is 11.4 Å². The number of hydrogen-bond donors (Lipinski definition) is 1. The summed E-state index contributed by atoms with van der Waals surface area (Å²) in [6.45, 7) is 1.93. The molecule has 0 atom stereocenters. The van der Waals surface area contributed by atoms with E-state index in [1.807, 2.05) is 19.1 Å². The molecule has 0 radical (unpaired) electrons. The first-order valence-electron chi connectivity index (χ1n) is 5.44. The van der Waals surface area contributed by atoms with Crippen molar-refractivity contribution in [3.63, 3.8) is 0 Å². The number of nitriles is 1. The van der Waals surface area contributed by atoms with Crippen LogP contribution in [0, 0.1) is 18.3 Å². The zero-order chi connectivity index (χ0) is 14.0. The fraction of sp³-hybridized carbons (Fsp3) is 0.0714. The molecule has 0 aromatic heterocycles. The van der Waals surface area contributed by atoms with Gasteiger partial charge < -0.3 is 5.32 Å². The maximum atomic E-state index is 9.13. The molecule has 2 nitrogen and oxygen atoms in total. The summed E-state index contributed by atoms with van der Waals surface area (Å²) in [4.78, 5) is 0. The summed E-state index contributed by atoms with van der Waals surface area (Å²) in [5.41, 5.74) is 2.82. The van der Waals surface area contributed by atoms with Crippen molar-refractivity contribution in [2.45, 2.75) is 6.92 Å². The van der Waals surface area contributed by atoms with Crippen LogP contribution in [0.2, 0.25) is 10.0 Å². The topological polar surface area (TPSA) is 35.8 Å². The van der Waals surface area contributed by atoms with Crippen molar-refractivity contribution in [1.29, 1.82) is 5.26 Å². The summed E-state index contributed by atoms with van der Waals surface area (Å²) in [6, 6.07) is 11.1. The molecule has 0 amide bonds. The van der Waals surface area contributed by atoms with E-state index in [1.165, 1.54) is 0 Å². The monoisotopic (exact) mass is 354 g/mol. The lowest BCUT2D eigenvalue weighted by molar-refractivity contribution is 1.42. The summed E-state index contributed by atoms with van der Waals surface area (Å²) in [6.07, 6.45) is 0. The molecule has 0 bridgehead atoms. The highest BCUT2D eigenvalue weighted by atomic mass is 79.9. The largest absolute Gasteiger partial charge is 0.353 e. The Hall–Kier alpha value is -1.21. The van der Waals surface area contributed by atoms with Crippen LogP contribution >= 0.6 is 39.1 Å². The van der Waals surface area contributed by atoms with Crippen LogP contribution in [0.1, 0.15) is 11.1 Å². The van der Waals surface area contributed by atoms with Crippen LogP contribution in [0.25, 0.3) is 0 Å². The molecule has 19 heavy (non-hydrogen) atoms. The quantitative estimate of drug-likeness (QED) is 0.752. The van der Waals surface area contributed by atoms with Gasteiger partial charge >= 0.3 is 0 Å². The van der Waals surface area contributed by atoms with Crippen LogP contribution in [0.3, 0.4) is 0 Å². The maximum absolute atomic E-state index is 9.13. The Kier molecular flexibility index (Phi) is 4.36. The van der Waals surface area contributed by atoms with Crippen molar-refractivity contribution in [2.75, 3.05) is 5.32 Å². The van der Waals surface area contributed by atoms with Gasteiger partial charge in [-0.1, -0.05) is 29.3 Å². The molecular weight excluding hydrogens is 347 g/mol. The number of aryl methyl sites for hydroxylation is 1. The fourth-order valence-electron chi connectivity index (χ4n) is 1.63. The molecule has 0 aliphatic heterocycles. The Morgan fingerprint density at radius 1 is 1.16 bits per heavy atom. The van der Waals surface area contributed by atoms with Crippen molar-refractivity contribution in [2.24, 2.45) is 0 Å². The number of benzene rings is 2. The number of halogens is 3. The molecule has 0 saturated heterocycles. The minimum absolute atomic E-state index is 0.410. The molecule has 5 heteroatoms. The Morgan fingerprint density at radius 2 is 1.89 bits per heavy atom. The highest BCUT2D eigenvalue weighted by molar-refractivity contribution is 9.10. The van der Waals surface area contributed by atoms with E-state index >= 15 is 0 Å². The highest BCUT2D eigenvalue weighted by Crippen LogP contribution is 2.33. The molecule has 0 spiro atoms. The normalized spacial score (nSPS) is 10.1. The zero-order valence-corrected chi connectivity index (χ0v) is 13.1. The van der Waals surface area contributed by atoms with Crippen LogP contribution in [0.15, 0.2) is 34.8 Å². The molecule has 2 rings (SSSR count). The number of hydrogen-bond acceptors (Lipinski definition) is 2. The SMILES string of the molecule is Cc1cc(Br)c(Nc2cccc(Cl)c2C#N)cc1Cl. The van der Waals surface area contributed by atoms with Crippen molar-refractivity contribution in [1.82, 2.24) is 0 Å². The Balaban J connectivity index is 2.45. The van der Waals surface area contributed by atoms with E-state index in [1.54, 1.807) is 18.2 Å². The van der Waals surface area contributed by atoms with Crippen LogP contribution in [-0.4, -0.2) is 0 Å². The van der Waals surface area contributed by atoms with Gasteiger partial charge in [-0.05, 0) is 52.7 Å². The summed E-state index contributed by atoms with van der Waals surface area (Å²) >= 11 is 15.6. The molecule has 0 unspecified atom stereocenters. The lowest BCUT2D eigenvalue weighted by atomic mass is 10.1. The van der Waals surface area contributed by atoms with Crippen molar-refractivity contribution < 1.29 is 0 Å². The van der Waals surface area contributed by atoms with E-state index in [0.29, 0.717) is 21.3 Å². The molecule has 2 aromatic rings. The molecule has 2 aromatic carbocycles. The van der Waals surface area contributed by atoms with Gasteiger partial charge in [0, 0.05) is 9.50 Å². The number of nitrogens with zero attached hydrogens (tertiary/aromatic N) is 1. The van der Waals surface area contributed by atoms with E-state index in [4.69, 9.17) is 28.5 Å². The molecule has 1 N–H and O–H groups in total. The first kappa shape index (κ1) is 14.2. The van der Waals surface area contributed by atoms with Crippen LogP contribution in [-0.2, 0) is 0 Å². The third kappa shape index (κ3) is 3.03. The summed E-state index contributed by atoms with van der Waals surface area (Å²) in [7, 11) is 0. The van der Waals surface area contributed by atoms with Gasteiger partial charge in [-0.3, -0.25) is 0 Å². The predicted octanol–water partition coefficient (Wildman–Crippen LogP) is 5.68. The third-order valence-electron chi connectivity index (χ3n) is 2.64. The molecule has 0 heterocycles. The number of rotatable bonds is 2. The van der Waals surface area contributed by atoms with Gasteiger partial charge in [0.05, 0.1) is 22.0 Å². The first-order chi connectivity index (χ1) is 9.02. The maximum Gasteiger partial charge on any atom is 0.103 e. The fourth-order valence-corrected chi connectivity index (χ4v) is 2.57. The minimum Gasteiger partial charge on any atom is -0.353 e. The van der Waals surface area contributed by atoms with Crippen molar-refractivity contribution >= 4 is 50.5 Å². The molecule has 0 saturated carbocycles. The summed E-state index contributed by atoms with van der Waals surface area (Å²) in [5.74, 6) is 0. The second-order valence-electron chi connectivity index (χ2n) is 3.98. The van der Waals surface area contributed by atoms with Gasteiger partial charge in [0.2, 0.25) is 0 Å². The second-order valence-corrected chi connectivity index (χ2v) is 5.65. The highest BCUT2D eigenvalue weighted by Gasteiger charge is 2.09. The Labute approximate surface area is 130 Å². The average Bonchev–Trinajstić information content (AvgIpc) is 2.36. The third-order valence-corrected chi connectivity index (χ3v) is 4.02. The van der Waals surface area contributed by atoms with E-state index in [2.05, 4.69) is 27.3 Å². The Bertz CT molecular complexity index is 678. The Morgan fingerprint density at radius 3 is 2.58 bits per heavy atom. The molecular formula is C14H9BrCl2N2. The number of nitrogens with one attached hydrogen (secondary N) is 1. The van der Waals surface area contributed by atoms with Crippen LogP contribution in [0.5, 0.6) is 0 Å². The number of anilines is 2. The molecule has 96 valence electrons. The minimum atomic E-state index is 0.410. The predicted molar refractivity (Wildman–Crippen MR) is 83.3 cm³/mol. The lowest BCUT2D eigenvalue weighted by Gasteiger charge is -2.12. The van der Waals surface area contributed by atoms with Gasteiger partial charge in [0.25, 0.3) is 0 Å². The lowest BCUT2D eigenvalue weighted by Crippen LogP contribution is -1.95. The van der Waals surface area contributed by atoms with E-state index in [9.17, 15) is 0 Å². The van der Waals surface area contributed by atoms with Gasteiger partial charge in [-0.25, -0.2) is 0 Å². The van der Waals surface area contributed by atoms with Crippen molar-refractivity contribution in [3.8, 4) is 6.07 Å². The molecule has 0 aliphatic rings. The standard InChI is InChI=1S/C14H9BrCl2N2/c1-8-5-10(15)14(6-12(8)17)19-13-4-2-3-11(16)9(13)7-18/h2-6,19H,1H3. The molecule has 0 aliphatic carbocycles. The van der Waals surface area contributed by atoms with Gasteiger partial charge in [-0.15, -0.1) is 0 Å². The van der Waals surface area contributed by atoms with Crippen molar-refractivity contribution in [3.05, 3.63) is 56.0 Å².